The topological polar surface area (TPSA) is 169 Å². The van der Waals surface area contributed by atoms with Crippen LogP contribution in [0.1, 0.15) is 42.0 Å². The molecule has 45 heavy (non-hydrogen) atoms. The number of nitrogens with one attached hydrogen (secondary N) is 2. The van der Waals surface area contributed by atoms with Crippen LogP contribution < -0.4 is 10.5 Å². The first-order valence-corrected chi connectivity index (χ1v) is 16.6. The van der Waals surface area contributed by atoms with Gasteiger partial charge in [-0.05, 0) is 94.7 Å². The molecule has 2 atom stereocenters. The number of nitrogens with two attached hydrogens (primary N) is 1. The summed E-state index contributed by atoms with van der Waals surface area (Å²) in [5.74, 6) is -0.780. The Morgan fingerprint density at radius 2 is 1.89 bits per heavy atom. The SMILES string of the molecule is CC1=CCN(C(=O)[C@H](Cc2cccc(C(=N)N)c2)NS(=O)(=O)c2ccc3c(c2)CCN(CCCN(C)C)CC3)[C@H](OC(=O)O)C1. The molecule has 13 heteroatoms. The number of carbonyl (C=O) groups is 2. The van der Waals surface area contributed by atoms with Crippen molar-refractivity contribution in [3.63, 3.8) is 0 Å². The van der Waals surface area contributed by atoms with Crippen molar-refractivity contribution in [3.8, 4) is 0 Å². The van der Waals surface area contributed by atoms with E-state index in [1.165, 1.54) is 4.90 Å². The van der Waals surface area contributed by atoms with E-state index in [0.29, 0.717) is 17.5 Å². The summed E-state index contributed by atoms with van der Waals surface area (Å²) in [5, 5.41) is 17.1. The van der Waals surface area contributed by atoms with Gasteiger partial charge in [-0.1, -0.05) is 35.9 Å². The van der Waals surface area contributed by atoms with Crippen LogP contribution in [0.4, 0.5) is 4.79 Å². The first-order valence-electron chi connectivity index (χ1n) is 15.1. The van der Waals surface area contributed by atoms with Crippen molar-refractivity contribution >= 4 is 27.9 Å². The minimum Gasteiger partial charge on any atom is -0.450 e. The van der Waals surface area contributed by atoms with E-state index in [-0.39, 0.29) is 30.1 Å². The van der Waals surface area contributed by atoms with Gasteiger partial charge in [-0.15, -0.1) is 0 Å². The number of benzene rings is 2. The van der Waals surface area contributed by atoms with E-state index in [4.69, 9.17) is 15.9 Å². The fourth-order valence-corrected chi connectivity index (χ4v) is 7.02. The lowest BCUT2D eigenvalue weighted by Crippen LogP contribution is -2.54. The van der Waals surface area contributed by atoms with Crippen LogP contribution in [-0.2, 0) is 38.8 Å². The van der Waals surface area contributed by atoms with E-state index in [2.05, 4.69) is 28.6 Å². The quantitative estimate of drug-likeness (QED) is 0.118. The van der Waals surface area contributed by atoms with Crippen LogP contribution in [0, 0.1) is 5.41 Å². The standard InChI is InChI=1S/C32H44N6O6S/c1-22-10-17-38(29(18-22)44-32(40)41)31(39)28(20-23-6-4-7-26(19-23)30(33)34)35-45(42,43)27-9-8-24-11-15-37(14-5-13-36(2)3)16-12-25(24)21-27/h4,6-10,19,21,28-29,35H,5,11-18,20H2,1-3H3,(H3,33,34)(H,40,41)/t28-,29+/m0/s1. The van der Waals surface area contributed by atoms with Gasteiger partial charge in [0.05, 0.1) is 4.90 Å². The molecule has 0 aromatic heterocycles. The molecule has 2 aliphatic heterocycles. The average Bonchev–Trinajstić information content (AvgIpc) is 3.18. The largest absolute Gasteiger partial charge is 0.507 e. The van der Waals surface area contributed by atoms with Crippen molar-refractivity contribution in [2.24, 2.45) is 5.73 Å². The number of hydrogen-bond donors (Lipinski definition) is 4. The van der Waals surface area contributed by atoms with Gasteiger partial charge in [0.2, 0.25) is 15.9 Å². The van der Waals surface area contributed by atoms with E-state index in [9.17, 15) is 23.1 Å². The predicted octanol–water partition coefficient (Wildman–Crippen LogP) is 2.41. The molecule has 2 heterocycles. The van der Waals surface area contributed by atoms with Gasteiger partial charge >= 0.3 is 6.16 Å². The number of nitrogen functional groups attached to an aromatic ring is 1. The Morgan fingerprint density at radius 1 is 1.16 bits per heavy atom. The van der Waals surface area contributed by atoms with E-state index < -0.39 is 34.4 Å². The molecule has 4 rings (SSSR count). The zero-order valence-electron chi connectivity index (χ0n) is 26.2. The van der Waals surface area contributed by atoms with E-state index in [1.807, 2.05) is 13.0 Å². The lowest BCUT2D eigenvalue weighted by molar-refractivity contribution is -0.144. The van der Waals surface area contributed by atoms with Gasteiger partial charge in [0, 0.05) is 31.6 Å². The number of amidine groups is 1. The molecule has 2 aromatic carbocycles. The summed E-state index contributed by atoms with van der Waals surface area (Å²) in [7, 11) is -0.0641. The monoisotopic (exact) mass is 640 g/mol. The van der Waals surface area contributed by atoms with Crippen molar-refractivity contribution in [1.29, 1.82) is 5.41 Å². The number of fused-ring (bicyclic) bond motifs is 1. The first-order chi connectivity index (χ1) is 21.3. The third-order valence-electron chi connectivity index (χ3n) is 8.24. The van der Waals surface area contributed by atoms with E-state index in [0.717, 1.165) is 55.7 Å². The molecule has 0 saturated heterocycles. The summed E-state index contributed by atoms with van der Waals surface area (Å²) in [6, 6.07) is 10.5. The van der Waals surface area contributed by atoms with Gasteiger partial charge in [0.25, 0.3) is 0 Å². The molecular formula is C32H44N6O6S. The highest BCUT2D eigenvalue weighted by atomic mass is 32.2. The van der Waals surface area contributed by atoms with Crippen LogP contribution in [0.2, 0.25) is 0 Å². The number of hydrogen-bond acceptors (Lipinski definition) is 8. The lowest BCUT2D eigenvalue weighted by atomic mass is 10.0. The fourth-order valence-electron chi connectivity index (χ4n) is 5.78. The fraction of sp³-hybridized carbons (Fsp3) is 0.469. The van der Waals surface area contributed by atoms with Crippen molar-refractivity contribution in [3.05, 3.63) is 76.4 Å². The van der Waals surface area contributed by atoms with Crippen LogP contribution >= 0.6 is 0 Å². The number of ether oxygens (including phenoxy) is 1. The van der Waals surface area contributed by atoms with Gasteiger partial charge in [-0.25, -0.2) is 13.2 Å². The third-order valence-corrected chi connectivity index (χ3v) is 9.71. The van der Waals surface area contributed by atoms with Gasteiger partial charge < -0.3 is 30.3 Å². The molecule has 2 aliphatic rings. The molecule has 0 radical (unpaired) electrons. The summed E-state index contributed by atoms with van der Waals surface area (Å²) in [5.41, 5.74) is 9.63. The van der Waals surface area contributed by atoms with Crippen LogP contribution in [0.3, 0.4) is 0 Å². The molecule has 0 bridgehead atoms. The van der Waals surface area contributed by atoms with Gasteiger partial charge in [-0.2, -0.15) is 4.72 Å². The Balaban J connectivity index is 1.59. The second-order valence-corrected chi connectivity index (χ2v) is 13.7. The first kappa shape index (κ1) is 34.1. The highest BCUT2D eigenvalue weighted by molar-refractivity contribution is 7.89. The Hall–Kier alpha value is -3.78. The Labute approximate surface area is 265 Å². The molecule has 1 amide bonds. The molecule has 12 nitrogen and oxygen atoms in total. The molecule has 0 spiro atoms. The van der Waals surface area contributed by atoms with Crippen molar-refractivity contribution < 1.29 is 27.9 Å². The number of carbonyl (C=O) groups excluding carboxylic acids is 1. The number of carboxylic acid groups (broad SMARTS) is 1. The highest BCUT2D eigenvalue weighted by Gasteiger charge is 2.36. The van der Waals surface area contributed by atoms with Crippen molar-refractivity contribution in [1.82, 2.24) is 19.4 Å². The third kappa shape index (κ3) is 9.36. The maximum Gasteiger partial charge on any atom is 0.507 e. The lowest BCUT2D eigenvalue weighted by Gasteiger charge is -2.35. The van der Waals surface area contributed by atoms with Crippen LogP contribution in [0.5, 0.6) is 0 Å². The smallest absolute Gasteiger partial charge is 0.450 e. The second kappa shape index (κ2) is 15.0. The zero-order chi connectivity index (χ0) is 32.7. The Kier molecular flexibility index (Phi) is 11.4. The molecule has 0 aliphatic carbocycles. The summed E-state index contributed by atoms with van der Waals surface area (Å²) >= 11 is 0. The van der Waals surface area contributed by atoms with Crippen molar-refractivity contribution in [2.45, 2.75) is 56.2 Å². The van der Waals surface area contributed by atoms with Crippen molar-refractivity contribution in [2.75, 3.05) is 46.8 Å². The number of amides is 1. The van der Waals surface area contributed by atoms with Gasteiger partial charge in [0.15, 0.2) is 6.23 Å². The van der Waals surface area contributed by atoms with Crippen LogP contribution in [0.25, 0.3) is 0 Å². The molecule has 2 aromatic rings. The summed E-state index contributed by atoms with van der Waals surface area (Å²) in [6.45, 7) is 5.60. The summed E-state index contributed by atoms with van der Waals surface area (Å²) in [4.78, 5) is 31.3. The number of nitrogens with zero attached hydrogens (tertiary/aromatic N) is 3. The molecule has 244 valence electrons. The normalized spacial score (nSPS) is 18.1. The second-order valence-electron chi connectivity index (χ2n) is 12.0. The summed E-state index contributed by atoms with van der Waals surface area (Å²) in [6.07, 6.45) is 1.89. The molecule has 0 unspecified atom stereocenters. The molecule has 5 N–H and O–H groups in total. The number of sulfonamides is 1. The predicted molar refractivity (Wildman–Crippen MR) is 172 cm³/mol. The minimum atomic E-state index is -4.18. The van der Waals surface area contributed by atoms with Crippen LogP contribution in [-0.4, -0.2) is 105 Å². The molecule has 0 fully saturated rings. The zero-order valence-corrected chi connectivity index (χ0v) is 27.0. The Morgan fingerprint density at radius 3 is 2.58 bits per heavy atom. The Bertz CT molecular complexity index is 1540. The maximum absolute atomic E-state index is 14.0. The minimum absolute atomic E-state index is 0.0506. The van der Waals surface area contributed by atoms with E-state index >= 15 is 0 Å². The molecule has 0 saturated carbocycles. The van der Waals surface area contributed by atoms with Gasteiger partial charge in [0.1, 0.15) is 11.9 Å². The molecular weight excluding hydrogens is 596 g/mol. The van der Waals surface area contributed by atoms with Crippen LogP contribution in [0.15, 0.2) is 59.0 Å². The number of rotatable bonds is 12. The maximum atomic E-state index is 14.0. The van der Waals surface area contributed by atoms with E-state index in [1.54, 1.807) is 42.5 Å². The average molecular weight is 641 g/mol. The summed E-state index contributed by atoms with van der Waals surface area (Å²) < 4.78 is 35.4. The highest BCUT2D eigenvalue weighted by Crippen LogP contribution is 2.24. The van der Waals surface area contributed by atoms with Gasteiger partial charge in [-0.3, -0.25) is 10.2 Å².